The molecule has 0 spiro atoms. The van der Waals surface area contributed by atoms with Crippen molar-refractivity contribution < 1.29 is 4.79 Å². The zero-order chi connectivity index (χ0) is 16.2. The van der Waals surface area contributed by atoms with Gasteiger partial charge in [-0.15, -0.1) is 0 Å². The fourth-order valence-electron chi connectivity index (χ4n) is 2.72. The van der Waals surface area contributed by atoms with E-state index in [2.05, 4.69) is 31.7 Å². The Morgan fingerprint density at radius 1 is 1.30 bits per heavy atom. The fourth-order valence-corrected chi connectivity index (χ4v) is 2.72. The van der Waals surface area contributed by atoms with Gasteiger partial charge in [0.1, 0.15) is 18.0 Å². The number of aromatic nitrogens is 3. The maximum absolute atomic E-state index is 12.2. The number of hydrogen-bond donors (Lipinski definition) is 2. The first-order valence-electron chi connectivity index (χ1n) is 7.64. The molecule has 2 N–H and O–H groups in total. The van der Waals surface area contributed by atoms with Crippen molar-refractivity contribution in [1.29, 1.82) is 0 Å². The molecule has 2 aromatic heterocycles. The first-order valence-corrected chi connectivity index (χ1v) is 7.64. The number of carbonyl (C=O) groups excluding carboxylic acids is 1. The van der Waals surface area contributed by atoms with E-state index in [0.717, 1.165) is 30.8 Å². The lowest BCUT2D eigenvalue weighted by molar-refractivity contribution is 0.246. The number of aryl methyl sites for hydroxylation is 1. The van der Waals surface area contributed by atoms with Crippen LogP contribution in [0, 0.1) is 0 Å². The minimum atomic E-state index is -0.281. The third kappa shape index (κ3) is 3.56. The lowest BCUT2D eigenvalue weighted by atomic mass is 9.92. The summed E-state index contributed by atoms with van der Waals surface area (Å²) in [6, 6.07) is 5.39. The highest BCUT2D eigenvalue weighted by atomic mass is 16.2. The van der Waals surface area contributed by atoms with Crippen LogP contribution in [0.4, 0.5) is 16.4 Å². The van der Waals surface area contributed by atoms with Gasteiger partial charge in [-0.05, 0) is 30.9 Å². The van der Waals surface area contributed by atoms with Crippen LogP contribution in [0.3, 0.4) is 0 Å². The van der Waals surface area contributed by atoms with Gasteiger partial charge in [0.2, 0.25) is 0 Å². The van der Waals surface area contributed by atoms with Crippen molar-refractivity contribution in [3.05, 3.63) is 42.0 Å². The Labute approximate surface area is 135 Å². The van der Waals surface area contributed by atoms with E-state index >= 15 is 0 Å². The Hall–Kier alpha value is -2.70. The summed E-state index contributed by atoms with van der Waals surface area (Å²) >= 11 is 0. The molecule has 0 unspecified atom stereocenters. The number of amides is 2. The Morgan fingerprint density at radius 2 is 2.17 bits per heavy atom. The molecule has 0 aromatic carbocycles. The number of urea groups is 1. The molecule has 7 nitrogen and oxygen atoms in total. The van der Waals surface area contributed by atoms with E-state index in [1.54, 1.807) is 12.3 Å². The average Bonchev–Trinajstić information content (AvgIpc) is 2.55. The molecule has 0 saturated carbocycles. The summed E-state index contributed by atoms with van der Waals surface area (Å²) in [5, 5.41) is 5.75. The Morgan fingerprint density at radius 3 is 3.00 bits per heavy atom. The molecule has 120 valence electrons. The van der Waals surface area contributed by atoms with Gasteiger partial charge >= 0.3 is 6.03 Å². The van der Waals surface area contributed by atoms with Crippen molar-refractivity contribution in [2.75, 3.05) is 24.3 Å². The van der Waals surface area contributed by atoms with Gasteiger partial charge in [0.15, 0.2) is 0 Å². The van der Waals surface area contributed by atoms with Crippen LogP contribution in [0.15, 0.2) is 30.7 Å². The molecular formula is C16H20N6O. The fraction of sp³-hybridized carbons (Fsp3) is 0.375. The molecule has 7 heteroatoms. The van der Waals surface area contributed by atoms with Gasteiger partial charge in [-0.1, -0.05) is 6.07 Å². The summed E-state index contributed by atoms with van der Waals surface area (Å²) in [6.07, 6.45) is 6.15. The van der Waals surface area contributed by atoms with Crippen molar-refractivity contribution in [3.63, 3.8) is 0 Å². The number of hydrogen-bond acceptors (Lipinski definition) is 5. The molecule has 23 heavy (non-hydrogen) atoms. The predicted molar refractivity (Wildman–Crippen MR) is 88.4 cm³/mol. The molecular weight excluding hydrogens is 292 g/mol. The van der Waals surface area contributed by atoms with Crippen LogP contribution in [0.5, 0.6) is 0 Å². The number of rotatable bonds is 3. The lowest BCUT2D eigenvalue weighted by Gasteiger charge is -2.25. The van der Waals surface area contributed by atoms with E-state index in [-0.39, 0.29) is 12.1 Å². The van der Waals surface area contributed by atoms with E-state index < -0.39 is 0 Å². The van der Waals surface area contributed by atoms with Crippen LogP contribution in [0.1, 0.15) is 30.1 Å². The monoisotopic (exact) mass is 312 g/mol. The number of pyridine rings is 1. The summed E-state index contributed by atoms with van der Waals surface area (Å²) in [4.78, 5) is 26.7. The normalized spacial score (nSPS) is 16.3. The second-order valence-electron chi connectivity index (χ2n) is 5.75. The van der Waals surface area contributed by atoms with Crippen LogP contribution < -0.4 is 15.5 Å². The van der Waals surface area contributed by atoms with Crippen LogP contribution >= 0.6 is 0 Å². The van der Waals surface area contributed by atoms with E-state index in [9.17, 15) is 4.79 Å². The molecule has 2 aromatic rings. The molecule has 2 heterocycles. The molecule has 0 radical (unpaired) electrons. The standard InChI is InChI=1S/C16H20N6O/c1-22(2)14-9-13(18-10-19-14)21-16(23)20-12-7-3-5-11-6-4-8-17-15(11)12/h4,6,8-10,12H,3,5,7H2,1-2H3,(H2,18,19,20,21,23)/t12-/m1/s1. The van der Waals surface area contributed by atoms with Crippen molar-refractivity contribution in [2.24, 2.45) is 0 Å². The molecule has 0 fully saturated rings. The number of anilines is 2. The van der Waals surface area contributed by atoms with Gasteiger partial charge in [0.25, 0.3) is 0 Å². The highest BCUT2D eigenvalue weighted by molar-refractivity contribution is 5.88. The zero-order valence-electron chi connectivity index (χ0n) is 13.3. The third-order valence-electron chi connectivity index (χ3n) is 3.85. The van der Waals surface area contributed by atoms with Crippen LogP contribution in [-0.4, -0.2) is 35.1 Å². The van der Waals surface area contributed by atoms with Gasteiger partial charge in [0, 0.05) is 26.4 Å². The molecule has 3 rings (SSSR count). The van der Waals surface area contributed by atoms with Crippen molar-refractivity contribution >= 4 is 17.7 Å². The number of nitrogens with zero attached hydrogens (tertiary/aromatic N) is 4. The molecule has 1 aliphatic rings. The first-order chi connectivity index (χ1) is 11.1. The predicted octanol–water partition coefficient (Wildman–Crippen LogP) is 2.14. The summed E-state index contributed by atoms with van der Waals surface area (Å²) in [6.45, 7) is 0. The van der Waals surface area contributed by atoms with E-state index in [1.807, 2.05) is 25.1 Å². The topological polar surface area (TPSA) is 83.0 Å². The van der Waals surface area contributed by atoms with Gasteiger partial charge in [-0.25, -0.2) is 14.8 Å². The summed E-state index contributed by atoms with van der Waals surface area (Å²) in [5.41, 5.74) is 2.17. The van der Waals surface area contributed by atoms with Gasteiger partial charge in [-0.2, -0.15) is 0 Å². The molecule has 0 bridgehead atoms. The lowest BCUT2D eigenvalue weighted by Crippen LogP contribution is -2.35. The van der Waals surface area contributed by atoms with E-state index in [1.165, 1.54) is 11.9 Å². The molecule has 1 atom stereocenters. The molecule has 0 saturated heterocycles. The molecule has 2 amide bonds. The van der Waals surface area contributed by atoms with E-state index in [0.29, 0.717) is 5.82 Å². The Kier molecular flexibility index (Phi) is 4.36. The highest BCUT2D eigenvalue weighted by Gasteiger charge is 2.22. The van der Waals surface area contributed by atoms with Crippen LogP contribution in [0.25, 0.3) is 0 Å². The SMILES string of the molecule is CN(C)c1cc(NC(=O)N[C@@H]2CCCc3cccnc32)ncn1. The number of carbonyl (C=O) groups is 1. The average molecular weight is 312 g/mol. The van der Waals surface area contributed by atoms with Crippen molar-refractivity contribution in [3.8, 4) is 0 Å². The minimum absolute atomic E-state index is 0.0601. The summed E-state index contributed by atoms with van der Waals surface area (Å²) in [5.74, 6) is 1.21. The smallest absolute Gasteiger partial charge is 0.320 e. The Bertz CT molecular complexity index is 702. The van der Waals surface area contributed by atoms with Crippen molar-refractivity contribution in [2.45, 2.75) is 25.3 Å². The number of nitrogens with one attached hydrogen (secondary N) is 2. The molecule has 0 aliphatic heterocycles. The van der Waals surface area contributed by atoms with Gasteiger partial charge < -0.3 is 10.2 Å². The minimum Gasteiger partial charge on any atom is -0.363 e. The third-order valence-corrected chi connectivity index (χ3v) is 3.85. The highest BCUT2D eigenvalue weighted by Crippen LogP contribution is 2.27. The molecule has 1 aliphatic carbocycles. The second-order valence-corrected chi connectivity index (χ2v) is 5.75. The van der Waals surface area contributed by atoms with Gasteiger partial charge in [0.05, 0.1) is 11.7 Å². The maximum atomic E-state index is 12.2. The summed E-state index contributed by atoms with van der Waals surface area (Å²) < 4.78 is 0. The quantitative estimate of drug-likeness (QED) is 0.907. The maximum Gasteiger partial charge on any atom is 0.320 e. The summed E-state index contributed by atoms with van der Waals surface area (Å²) in [7, 11) is 3.77. The van der Waals surface area contributed by atoms with Crippen molar-refractivity contribution in [1.82, 2.24) is 20.3 Å². The first kappa shape index (κ1) is 15.2. The van der Waals surface area contributed by atoms with Crippen LogP contribution in [0.2, 0.25) is 0 Å². The van der Waals surface area contributed by atoms with E-state index in [4.69, 9.17) is 0 Å². The second kappa shape index (κ2) is 6.60. The van der Waals surface area contributed by atoms with Crippen LogP contribution in [-0.2, 0) is 6.42 Å². The Balaban J connectivity index is 1.68. The number of fused-ring (bicyclic) bond motifs is 1. The zero-order valence-corrected chi connectivity index (χ0v) is 13.3. The largest absolute Gasteiger partial charge is 0.363 e. The van der Waals surface area contributed by atoms with Gasteiger partial charge in [-0.3, -0.25) is 10.3 Å².